The van der Waals surface area contributed by atoms with Crippen LogP contribution >= 0.6 is 0 Å². The van der Waals surface area contributed by atoms with Gasteiger partial charge >= 0.3 is 5.97 Å². The number of hydrogen-bond donors (Lipinski definition) is 3. The second-order valence-electron chi connectivity index (χ2n) is 9.00. The molecule has 10 heteroatoms. The minimum Gasteiger partial charge on any atom is -0.497 e. The van der Waals surface area contributed by atoms with Crippen LogP contribution in [0.1, 0.15) is 11.1 Å². The van der Waals surface area contributed by atoms with Gasteiger partial charge in [-0.1, -0.05) is 30.3 Å². The molecule has 0 aliphatic heterocycles. The van der Waals surface area contributed by atoms with Gasteiger partial charge in [0.15, 0.2) is 0 Å². The molecule has 0 fully saturated rings. The van der Waals surface area contributed by atoms with E-state index in [0.29, 0.717) is 29.1 Å². The molecular formula is C29H26FN5O4. The highest BCUT2D eigenvalue weighted by Gasteiger charge is 2.16. The number of anilines is 1. The predicted octanol–water partition coefficient (Wildman–Crippen LogP) is 4.62. The van der Waals surface area contributed by atoms with E-state index in [-0.39, 0.29) is 24.1 Å². The molecule has 39 heavy (non-hydrogen) atoms. The van der Waals surface area contributed by atoms with E-state index in [1.165, 1.54) is 12.1 Å². The van der Waals surface area contributed by atoms with Gasteiger partial charge in [-0.2, -0.15) is 9.97 Å². The summed E-state index contributed by atoms with van der Waals surface area (Å²) in [5, 5.41) is 9.67. The molecule has 2 aromatic heterocycles. The third-order valence-electron chi connectivity index (χ3n) is 6.31. The number of aromatic nitrogens is 3. The van der Waals surface area contributed by atoms with Gasteiger partial charge in [-0.25, -0.2) is 4.39 Å². The van der Waals surface area contributed by atoms with E-state index in [1.807, 2.05) is 41.1 Å². The highest BCUT2D eigenvalue weighted by Crippen LogP contribution is 2.32. The maximum Gasteiger partial charge on any atom is 0.320 e. The van der Waals surface area contributed by atoms with E-state index in [9.17, 15) is 9.18 Å². The summed E-state index contributed by atoms with van der Waals surface area (Å²) in [5.74, 6) is 0.0805. The van der Waals surface area contributed by atoms with Crippen LogP contribution in [-0.2, 0) is 17.8 Å². The Kier molecular flexibility index (Phi) is 7.11. The number of carbonyl (C=O) groups is 1. The fourth-order valence-electron chi connectivity index (χ4n) is 4.33. The number of nitrogens with two attached hydrogens (primary N) is 2. The predicted molar refractivity (Wildman–Crippen MR) is 145 cm³/mol. The van der Waals surface area contributed by atoms with Gasteiger partial charge in [0.2, 0.25) is 11.8 Å². The normalized spacial score (nSPS) is 11.9. The highest BCUT2D eigenvalue weighted by molar-refractivity contribution is 5.83. The first kappa shape index (κ1) is 25.7. The molecule has 0 radical (unpaired) electrons. The zero-order valence-electron chi connectivity index (χ0n) is 21.0. The highest BCUT2D eigenvalue weighted by atomic mass is 19.1. The van der Waals surface area contributed by atoms with Crippen molar-refractivity contribution < 1.29 is 23.8 Å². The molecule has 0 bridgehead atoms. The maximum absolute atomic E-state index is 14.3. The van der Waals surface area contributed by atoms with E-state index in [0.717, 1.165) is 22.3 Å². The summed E-state index contributed by atoms with van der Waals surface area (Å²) < 4.78 is 27.5. The van der Waals surface area contributed by atoms with Crippen LogP contribution in [0.2, 0.25) is 0 Å². The van der Waals surface area contributed by atoms with E-state index < -0.39 is 12.0 Å². The van der Waals surface area contributed by atoms with Crippen LogP contribution in [0, 0.1) is 5.82 Å². The third-order valence-corrected chi connectivity index (χ3v) is 6.31. The van der Waals surface area contributed by atoms with Crippen molar-refractivity contribution in [3.8, 4) is 28.5 Å². The maximum atomic E-state index is 14.3. The Morgan fingerprint density at radius 2 is 1.85 bits per heavy atom. The van der Waals surface area contributed by atoms with Gasteiger partial charge in [0.1, 0.15) is 29.0 Å². The number of nitrogen functional groups attached to an aromatic ring is 1. The van der Waals surface area contributed by atoms with E-state index in [2.05, 4.69) is 9.97 Å². The van der Waals surface area contributed by atoms with Gasteiger partial charge < -0.3 is 30.6 Å². The van der Waals surface area contributed by atoms with Gasteiger partial charge in [0, 0.05) is 12.7 Å². The van der Waals surface area contributed by atoms with E-state index in [4.69, 9.17) is 26.0 Å². The van der Waals surface area contributed by atoms with Crippen LogP contribution < -0.4 is 20.9 Å². The molecule has 2 heterocycles. The van der Waals surface area contributed by atoms with Crippen molar-refractivity contribution >= 4 is 23.0 Å². The number of carboxylic acid groups (broad SMARTS) is 1. The van der Waals surface area contributed by atoms with Crippen molar-refractivity contribution in [1.82, 2.24) is 14.5 Å². The number of ether oxygens (including phenoxy) is 2. The van der Waals surface area contributed by atoms with Crippen molar-refractivity contribution in [3.63, 3.8) is 0 Å². The first-order valence-corrected chi connectivity index (χ1v) is 12.1. The largest absolute Gasteiger partial charge is 0.497 e. The van der Waals surface area contributed by atoms with Crippen LogP contribution in [0.15, 0.2) is 79.0 Å². The lowest BCUT2D eigenvalue weighted by atomic mass is 9.99. The lowest BCUT2D eigenvalue weighted by Gasteiger charge is -2.13. The monoisotopic (exact) mass is 527 g/mol. The van der Waals surface area contributed by atoms with Crippen molar-refractivity contribution in [2.75, 3.05) is 12.8 Å². The Balaban J connectivity index is 1.44. The van der Waals surface area contributed by atoms with Crippen molar-refractivity contribution in [3.05, 3.63) is 95.9 Å². The summed E-state index contributed by atoms with van der Waals surface area (Å²) in [7, 11) is 1.59. The smallest absolute Gasteiger partial charge is 0.320 e. The second kappa shape index (κ2) is 10.8. The van der Waals surface area contributed by atoms with Crippen LogP contribution in [0.5, 0.6) is 17.4 Å². The molecule has 5 N–H and O–H groups in total. The number of hydrogen-bond acceptors (Lipinski definition) is 7. The number of rotatable bonds is 9. The number of halogens is 1. The number of nitrogens with zero attached hydrogens (tertiary/aromatic N) is 3. The van der Waals surface area contributed by atoms with Gasteiger partial charge in [-0.05, 0) is 71.1 Å². The molecule has 9 nitrogen and oxygen atoms in total. The second-order valence-corrected chi connectivity index (χ2v) is 9.00. The van der Waals surface area contributed by atoms with E-state index >= 15 is 0 Å². The Morgan fingerprint density at radius 1 is 1.05 bits per heavy atom. The molecule has 0 saturated carbocycles. The minimum atomic E-state index is -1.06. The van der Waals surface area contributed by atoms with Crippen LogP contribution in [-0.4, -0.2) is 38.8 Å². The Morgan fingerprint density at radius 3 is 2.59 bits per heavy atom. The van der Waals surface area contributed by atoms with Crippen molar-refractivity contribution in [2.24, 2.45) is 5.73 Å². The summed E-state index contributed by atoms with van der Waals surface area (Å²) in [6.07, 6.45) is 2.05. The van der Waals surface area contributed by atoms with Crippen molar-refractivity contribution in [2.45, 2.75) is 19.0 Å². The number of fused-ring (bicyclic) bond motifs is 1. The fourth-order valence-corrected chi connectivity index (χ4v) is 4.33. The van der Waals surface area contributed by atoms with Gasteiger partial charge in [-0.3, -0.25) is 4.79 Å². The van der Waals surface area contributed by atoms with Gasteiger partial charge in [0.05, 0.1) is 12.5 Å². The standard InChI is InChI=1S/C29H26FN5O4/c1-38-22-4-2-3-18(14-22)24-15-20(30)8-7-19(24)16-35-12-11-23-26(35)33-29(32)34-27(23)39-21-9-5-17(6-10-21)13-25(31)28(36)37/h2-12,14-15,25H,13,16,31H2,1H3,(H,36,37)(H2,32,33,34)/t25-/m0/s1. The molecular weight excluding hydrogens is 501 g/mol. The Hall–Kier alpha value is -4.96. The zero-order chi connectivity index (χ0) is 27.5. The molecule has 0 aliphatic rings. The fraction of sp³-hybridized carbons (Fsp3) is 0.138. The zero-order valence-corrected chi connectivity index (χ0v) is 21.0. The summed E-state index contributed by atoms with van der Waals surface area (Å²) in [6.45, 7) is 0.394. The molecule has 5 aromatic rings. The Bertz CT molecular complexity index is 1650. The number of carboxylic acids is 1. The molecule has 0 aliphatic carbocycles. The molecule has 0 amide bonds. The summed E-state index contributed by atoms with van der Waals surface area (Å²) in [5.41, 5.74) is 15.4. The minimum absolute atomic E-state index is 0.0358. The van der Waals surface area contributed by atoms with Crippen LogP contribution in [0.25, 0.3) is 22.2 Å². The SMILES string of the molecule is COc1cccc(-c2cc(F)ccc2Cn2ccc3c(Oc4ccc(C[C@H](N)C(=O)O)cc4)nc(N)nc32)c1. The number of benzene rings is 3. The summed E-state index contributed by atoms with van der Waals surface area (Å²) in [6, 6.07) is 19.9. The lowest BCUT2D eigenvalue weighted by Crippen LogP contribution is -2.32. The first-order chi connectivity index (χ1) is 18.8. The molecule has 198 valence electrons. The molecule has 0 unspecified atom stereocenters. The average molecular weight is 528 g/mol. The van der Waals surface area contributed by atoms with Gasteiger partial charge in [0.25, 0.3) is 0 Å². The van der Waals surface area contributed by atoms with Crippen LogP contribution in [0.3, 0.4) is 0 Å². The lowest BCUT2D eigenvalue weighted by molar-refractivity contribution is -0.138. The summed E-state index contributed by atoms with van der Waals surface area (Å²) in [4.78, 5) is 19.7. The third kappa shape index (κ3) is 5.65. The average Bonchev–Trinajstić information content (AvgIpc) is 3.33. The molecule has 0 saturated heterocycles. The Labute approximate surface area is 223 Å². The molecule has 0 spiro atoms. The molecule has 1 atom stereocenters. The van der Waals surface area contributed by atoms with Gasteiger partial charge in [-0.15, -0.1) is 0 Å². The molecule has 5 rings (SSSR count). The summed E-state index contributed by atoms with van der Waals surface area (Å²) >= 11 is 0. The van der Waals surface area contributed by atoms with E-state index in [1.54, 1.807) is 37.4 Å². The van der Waals surface area contributed by atoms with Crippen molar-refractivity contribution in [1.29, 1.82) is 0 Å². The number of methoxy groups -OCH3 is 1. The first-order valence-electron chi connectivity index (χ1n) is 12.1. The molecule has 3 aromatic carbocycles. The topological polar surface area (TPSA) is 139 Å². The number of aliphatic carboxylic acids is 1. The quantitative estimate of drug-likeness (QED) is 0.252. The van der Waals surface area contributed by atoms with Crippen LogP contribution in [0.4, 0.5) is 10.3 Å².